The zero-order valence-corrected chi connectivity index (χ0v) is 16.6. The van der Waals surface area contributed by atoms with Crippen LogP contribution in [-0.4, -0.2) is 24.2 Å². The van der Waals surface area contributed by atoms with E-state index < -0.39 is 20.4 Å². The Morgan fingerprint density at radius 1 is 1.24 bits per heavy atom. The Kier molecular flexibility index (Phi) is 8.21. The fourth-order valence-corrected chi connectivity index (χ4v) is 3.04. The van der Waals surface area contributed by atoms with E-state index in [4.69, 9.17) is 0 Å². The molecule has 0 bridgehead atoms. The summed E-state index contributed by atoms with van der Waals surface area (Å²) in [7, 11) is -3.33. The van der Waals surface area contributed by atoms with Crippen LogP contribution in [0.25, 0.3) is 0 Å². The van der Waals surface area contributed by atoms with Crippen LogP contribution < -0.4 is 56.5 Å². The third-order valence-electron chi connectivity index (χ3n) is 2.32. The Hall–Kier alpha value is 0.166. The van der Waals surface area contributed by atoms with Gasteiger partial charge in [-0.2, -0.15) is 0 Å². The maximum absolute atomic E-state index is 11.7. The summed E-state index contributed by atoms with van der Waals surface area (Å²) in [4.78, 5) is 9.94. The topological polar surface area (TPSA) is 100 Å². The molecule has 0 amide bonds. The van der Waals surface area contributed by atoms with Gasteiger partial charge in [0.1, 0.15) is 0 Å². The zero-order valence-electron chi connectivity index (χ0n) is 12.7. The van der Waals surface area contributed by atoms with Crippen LogP contribution in [0.1, 0.15) is 33.6 Å². The number of hydrogen-bond donors (Lipinski definition) is 0. The van der Waals surface area contributed by atoms with Gasteiger partial charge in [-0.15, -0.1) is 5.60 Å². The van der Waals surface area contributed by atoms with Crippen molar-refractivity contribution in [1.82, 2.24) is 0 Å². The summed E-state index contributed by atoms with van der Waals surface area (Å²) in [6.07, 6.45) is 1.32. The van der Waals surface area contributed by atoms with Crippen molar-refractivity contribution in [2.45, 2.75) is 49.4 Å². The van der Waals surface area contributed by atoms with E-state index in [1.54, 1.807) is 20.8 Å². The molecule has 0 radical (unpaired) electrons. The van der Waals surface area contributed by atoms with Gasteiger partial charge >= 0.3 is 51.4 Å². The Labute approximate surface area is 167 Å². The van der Waals surface area contributed by atoms with Crippen LogP contribution in [0.2, 0.25) is 0 Å². The van der Waals surface area contributed by atoms with Crippen molar-refractivity contribution in [3.8, 4) is 0 Å². The van der Waals surface area contributed by atoms with E-state index in [2.05, 4.69) is 0 Å². The van der Waals surface area contributed by atoms with Crippen molar-refractivity contribution < 1.29 is 69.8 Å². The quantitative estimate of drug-likeness (QED) is 0.386. The predicted molar refractivity (Wildman–Crippen MR) is 73.1 cm³/mol. The molecule has 1 aliphatic carbocycles. The first-order valence-electron chi connectivity index (χ1n) is 6.20. The Morgan fingerprint density at radius 2 is 1.71 bits per heavy atom. The van der Waals surface area contributed by atoms with Crippen molar-refractivity contribution in [3.05, 3.63) is 34.4 Å². The number of rotatable bonds is 3. The molecule has 1 aromatic rings. The molecule has 6 nitrogen and oxygen atoms in total. The fraction of sp³-hybridized carbons (Fsp3) is 0.538. The summed E-state index contributed by atoms with van der Waals surface area (Å²) in [5, 5.41) is 20.2. The molecule has 112 valence electrons. The van der Waals surface area contributed by atoms with Gasteiger partial charge in [-0.05, 0) is 18.9 Å². The van der Waals surface area contributed by atoms with Crippen LogP contribution in [0.3, 0.4) is 0 Å². The van der Waals surface area contributed by atoms with Gasteiger partial charge in [0.15, 0.2) is 9.84 Å². The van der Waals surface area contributed by atoms with Gasteiger partial charge in [0, 0.05) is 12.1 Å². The van der Waals surface area contributed by atoms with Crippen molar-refractivity contribution in [2.24, 2.45) is 0 Å². The number of nitrogens with zero attached hydrogens (tertiary/aromatic N) is 1. The summed E-state index contributed by atoms with van der Waals surface area (Å²) in [6.45, 7) is 4.90. The second-order valence-electron chi connectivity index (χ2n) is 5.61. The maximum Gasteiger partial charge on any atom is 1.00 e. The second-order valence-corrected chi connectivity index (χ2v) is 7.84. The van der Waals surface area contributed by atoms with Gasteiger partial charge in [-0.1, -0.05) is 26.8 Å². The summed E-state index contributed by atoms with van der Waals surface area (Å²) < 4.78 is 23.5. The average molecular weight is 339 g/mol. The molecule has 0 aromatic heterocycles. The predicted octanol–water partition coefficient (Wildman–Crippen LogP) is -1.32. The first-order chi connectivity index (χ1) is 9.01. The molecule has 0 aliphatic heterocycles. The van der Waals surface area contributed by atoms with Crippen LogP contribution in [-0.2, 0) is 9.84 Å². The molecule has 0 heterocycles. The molecular weight excluding hydrogens is 321 g/mol. The molecule has 0 unspecified atom stereocenters. The van der Waals surface area contributed by atoms with Gasteiger partial charge in [0.25, 0.3) is 5.69 Å². The van der Waals surface area contributed by atoms with Gasteiger partial charge < -0.3 is 5.11 Å². The average Bonchev–Trinajstić information content (AvgIpc) is 3.10. The van der Waals surface area contributed by atoms with Crippen molar-refractivity contribution in [1.29, 1.82) is 0 Å². The van der Waals surface area contributed by atoms with E-state index in [0.717, 1.165) is 6.07 Å². The summed E-state index contributed by atoms with van der Waals surface area (Å²) in [6, 6.07) is 5.20. The number of sulfone groups is 1. The molecule has 2 rings (SSSR count). The van der Waals surface area contributed by atoms with Crippen molar-refractivity contribution in [3.63, 3.8) is 0 Å². The van der Waals surface area contributed by atoms with E-state index in [1.165, 1.54) is 18.2 Å². The minimum atomic E-state index is -3.33. The van der Waals surface area contributed by atoms with E-state index in [0.29, 0.717) is 12.8 Å². The molecule has 0 atom stereocenters. The number of hydrogen-bond acceptors (Lipinski definition) is 5. The molecule has 0 N–H and O–H groups in total. The van der Waals surface area contributed by atoms with Crippen LogP contribution in [0.4, 0.5) is 5.69 Å². The zero-order chi connectivity index (χ0) is 15.6. The smallest absolute Gasteiger partial charge is 0.850 e. The number of benzene rings is 1. The Balaban J connectivity index is 0.000000583. The molecule has 1 aliphatic rings. The van der Waals surface area contributed by atoms with Crippen LogP contribution in [0, 0.1) is 10.1 Å². The second kappa shape index (κ2) is 8.14. The van der Waals surface area contributed by atoms with Gasteiger partial charge in [0.05, 0.1) is 15.1 Å². The van der Waals surface area contributed by atoms with E-state index >= 15 is 0 Å². The van der Waals surface area contributed by atoms with Crippen LogP contribution in [0.15, 0.2) is 29.2 Å². The van der Waals surface area contributed by atoms with E-state index in [9.17, 15) is 23.6 Å². The molecule has 1 saturated carbocycles. The van der Waals surface area contributed by atoms with Crippen molar-refractivity contribution >= 4 is 15.5 Å². The number of nitro benzene ring substituents is 1. The largest absolute Gasteiger partial charge is 1.00 e. The first kappa shape index (κ1) is 21.2. The van der Waals surface area contributed by atoms with E-state index in [-0.39, 0.29) is 67.2 Å². The van der Waals surface area contributed by atoms with Gasteiger partial charge in [-0.3, -0.25) is 10.1 Å². The third-order valence-corrected chi connectivity index (χ3v) is 4.58. The van der Waals surface area contributed by atoms with E-state index in [1.807, 2.05) is 0 Å². The third kappa shape index (κ3) is 7.82. The summed E-state index contributed by atoms with van der Waals surface area (Å²) >= 11 is 0. The van der Waals surface area contributed by atoms with Crippen molar-refractivity contribution in [2.75, 3.05) is 0 Å². The van der Waals surface area contributed by atoms with Gasteiger partial charge in [0.2, 0.25) is 0 Å². The SMILES string of the molecule is CC(C)(C)[O-].O=[N+]([O-])c1cccc(S(=O)(=O)C2CC2)c1.[K+]. The fourth-order valence-electron chi connectivity index (χ4n) is 1.34. The Bertz CT molecular complexity index is 585. The molecule has 8 heteroatoms. The normalized spacial score (nSPS) is 14.5. The van der Waals surface area contributed by atoms with Gasteiger partial charge in [-0.25, -0.2) is 8.42 Å². The number of non-ortho nitro benzene ring substituents is 1. The first-order valence-corrected chi connectivity index (χ1v) is 7.75. The molecular formula is C13H18KNO5S. The molecule has 0 saturated heterocycles. The maximum atomic E-state index is 11.7. The summed E-state index contributed by atoms with van der Waals surface area (Å²) in [5.74, 6) is 0. The molecule has 1 fully saturated rings. The van der Waals surface area contributed by atoms with Crippen LogP contribution in [0.5, 0.6) is 0 Å². The number of nitro groups is 1. The summed E-state index contributed by atoms with van der Waals surface area (Å²) in [5.41, 5.74) is -0.934. The molecule has 1 aromatic carbocycles. The van der Waals surface area contributed by atoms with Crippen LogP contribution >= 0.6 is 0 Å². The minimum absolute atomic E-state index is 0. The Morgan fingerprint density at radius 3 is 2.10 bits per heavy atom. The minimum Gasteiger partial charge on any atom is -0.850 e. The standard InChI is InChI=1S/C9H9NO4S.C4H9O.K/c11-10(12)7-2-1-3-9(6-7)15(13,14)8-4-5-8;1-4(2,3)5;/h1-3,6,8H,4-5H2;1-3H3;/q;-1;+1. The monoisotopic (exact) mass is 339 g/mol. The molecule has 21 heavy (non-hydrogen) atoms. The molecule has 0 spiro atoms.